The molecule has 0 aliphatic carbocycles. The second-order valence-electron chi connectivity index (χ2n) is 33.1. The van der Waals surface area contributed by atoms with Gasteiger partial charge in [-0.15, -0.1) is 0 Å². The summed E-state index contributed by atoms with van der Waals surface area (Å²) in [6.07, 6.45) is 0. The summed E-state index contributed by atoms with van der Waals surface area (Å²) in [6, 6.07) is 146. The molecule has 566 valence electrons. The van der Waals surface area contributed by atoms with Crippen molar-refractivity contribution in [3.8, 4) is 44.8 Å². The number of aromatic nitrogens is 2. The van der Waals surface area contributed by atoms with E-state index in [1.54, 1.807) is 0 Å². The lowest BCUT2D eigenvalue weighted by atomic mass is 9.75. The van der Waals surface area contributed by atoms with E-state index in [0.717, 1.165) is 32.2 Å². The highest BCUT2D eigenvalue weighted by molar-refractivity contribution is 9.10. The van der Waals surface area contributed by atoms with Crippen LogP contribution >= 0.6 is 15.9 Å². The molecule has 24 aromatic rings. The Kier molecular flexibility index (Phi) is 16.7. The number of rotatable bonds is 6. The van der Waals surface area contributed by atoms with E-state index in [1.165, 1.54) is 195 Å². The predicted molar refractivity (Wildman–Crippen MR) is 518 cm³/mol. The van der Waals surface area contributed by atoms with Crippen LogP contribution in [-0.4, -0.2) is 27.5 Å². The van der Waals surface area contributed by atoms with Gasteiger partial charge in [0.15, 0.2) is 0 Å². The monoisotopic (exact) mass is 1600 g/mol. The summed E-state index contributed by atoms with van der Waals surface area (Å²) in [7, 11) is -0.448. The van der Waals surface area contributed by atoms with Crippen LogP contribution in [0.5, 0.6) is 0 Å². The molecule has 0 atom stereocenters. The summed E-state index contributed by atoms with van der Waals surface area (Å²) in [4.78, 5) is 0. The highest BCUT2D eigenvalue weighted by Crippen LogP contribution is 2.50. The van der Waals surface area contributed by atoms with E-state index >= 15 is 0 Å². The van der Waals surface area contributed by atoms with Crippen molar-refractivity contribution >= 4 is 201 Å². The third-order valence-corrected chi connectivity index (χ3v) is 26.5. The fourth-order valence-electron chi connectivity index (χ4n) is 19.9. The van der Waals surface area contributed by atoms with Crippen LogP contribution in [0.2, 0.25) is 0 Å². The molecular weight excluding hydrogens is 1520 g/mol. The van der Waals surface area contributed by atoms with Crippen molar-refractivity contribution in [1.82, 2.24) is 9.13 Å². The van der Waals surface area contributed by atoms with Crippen molar-refractivity contribution in [1.29, 1.82) is 0 Å². The molecule has 6 heteroatoms. The van der Waals surface area contributed by atoms with Crippen LogP contribution in [0.3, 0.4) is 0 Å². The average Bonchev–Trinajstić information content (AvgIpc) is 0.982. The molecule has 0 spiro atoms. The first-order chi connectivity index (χ1) is 59.0. The molecule has 0 N–H and O–H groups in total. The molecule has 1 fully saturated rings. The van der Waals surface area contributed by atoms with Gasteiger partial charge in [-0.25, -0.2) is 0 Å². The molecule has 22 aromatic carbocycles. The molecule has 1 aliphatic rings. The minimum absolute atomic E-state index is 0.412. The van der Waals surface area contributed by atoms with Crippen molar-refractivity contribution in [3.05, 3.63) is 405 Å². The molecule has 0 amide bonds. The van der Waals surface area contributed by atoms with E-state index in [2.05, 4.69) is 453 Å². The van der Waals surface area contributed by atoms with Crippen LogP contribution in [0.4, 0.5) is 0 Å². The van der Waals surface area contributed by atoms with E-state index in [9.17, 15) is 0 Å². The van der Waals surface area contributed by atoms with Crippen LogP contribution in [0, 0.1) is 0 Å². The van der Waals surface area contributed by atoms with Gasteiger partial charge in [-0.3, -0.25) is 0 Å². The van der Waals surface area contributed by atoms with Gasteiger partial charge in [0.05, 0.1) is 33.3 Å². The molecular formula is C114H78BBrN2O2. The third-order valence-electron chi connectivity index (χ3n) is 26.0. The molecule has 0 bridgehead atoms. The summed E-state index contributed by atoms with van der Waals surface area (Å²) < 4.78 is 19.1. The van der Waals surface area contributed by atoms with Gasteiger partial charge in [0.2, 0.25) is 0 Å². The van der Waals surface area contributed by atoms with E-state index in [4.69, 9.17) is 9.31 Å². The van der Waals surface area contributed by atoms with Crippen LogP contribution in [-0.2, 0) is 9.31 Å². The SMILES string of the molecule is Brc1ccc2c(c1)c1ccccc1c1c3ccccc3c3ccccc3c21.CC1(C)OB(c2cc3c(c4ccccc24)c2ccc(-c4ccccc4)cc2n3-c2ccccc2)OC1(C)C.c1ccc(-c2ccc3c4c5ccccc5c(-c5ccc6c(c5)c5ccccc5c5c7ccccc7c7ccccc7c65)cc4n(-c4ccccc4)c3c2)cc1. The lowest BCUT2D eigenvalue weighted by Gasteiger charge is -2.32. The smallest absolute Gasteiger partial charge is 0.399 e. The molecule has 2 aromatic heterocycles. The lowest BCUT2D eigenvalue weighted by molar-refractivity contribution is 0.00578. The van der Waals surface area contributed by atoms with Gasteiger partial charge < -0.3 is 18.4 Å². The van der Waals surface area contributed by atoms with E-state index in [1.807, 2.05) is 0 Å². The summed E-state index contributed by atoms with van der Waals surface area (Å²) >= 11 is 3.67. The van der Waals surface area contributed by atoms with Gasteiger partial charge in [-0.05, 0) is 263 Å². The first-order valence-corrected chi connectivity index (χ1v) is 42.4. The second-order valence-corrected chi connectivity index (χ2v) is 34.0. The molecule has 0 saturated carbocycles. The number of benzene rings is 22. The van der Waals surface area contributed by atoms with Gasteiger partial charge in [0, 0.05) is 37.4 Å². The largest absolute Gasteiger partial charge is 0.495 e. The Balaban J connectivity index is 0.000000112. The second kappa shape index (κ2) is 28.1. The topological polar surface area (TPSA) is 28.3 Å². The fourth-order valence-corrected chi connectivity index (χ4v) is 20.3. The standard InChI is InChI=1S/C54H33N.C34H30BNO2.C26H15Br/c1-3-15-34(16-4-1)35-27-30-47-50(32-35)55(37-17-5-2-6-18-37)51-33-48(40-21-9-11-23-42(40)52(47)51)36-28-29-46-49(31-36)41-22-10-14-26-45(41)53-43-24-12-7-19-38(43)39-20-8-13-25-44(39)54(46)53;1-33(2)34(3,4)38-35(37-33)29-22-31-32(27-18-12-11-17-26(27)29)28-20-19-24(23-13-7-5-8-14-23)21-30(28)36(31)25-15-9-6-10-16-25;27-16-13-14-23-24(15-16)19-9-3-6-12-22(19)25-20-10-4-1-7-17(20)18-8-2-5-11-21(18)26(23)25/h1-33H;5-22H,1-4H3;1-15H. The molecule has 0 radical (unpaired) electrons. The summed E-state index contributed by atoms with van der Waals surface area (Å²) in [5.74, 6) is 0. The maximum atomic E-state index is 6.57. The quantitative estimate of drug-likeness (QED) is 0.123. The average molecular weight is 1600 g/mol. The Morgan fingerprint density at radius 2 is 0.492 bits per heavy atom. The number of hydrogen-bond acceptors (Lipinski definition) is 2. The minimum atomic E-state index is -0.448. The van der Waals surface area contributed by atoms with Crippen molar-refractivity contribution < 1.29 is 9.31 Å². The summed E-state index contributed by atoms with van der Waals surface area (Å²) in [5, 5.41) is 36.2. The lowest BCUT2D eigenvalue weighted by Crippen LogP contribution is -2.41. The Morgan fingerprint density at radius 1 is 0.208 bits per heavy atom. The highest BCUT2D eigenvalue weighted by Gasteiger charge is 2.52. The zero-order valence-corrected chi connectivity index (χ0v) is 68.4. The van der Waals surface area contributed by atoms with Gasteiger partial charge in [-0.2, -0.15) is 0 Å². The predicted octanol–water partition coefficient (Wildman–Crippen LogP) is 31.2. The first-order valence-electron chi connectivity index (χ1n) is 41.6. The minimum Gasteiger partial charge on any atom is -0.399 e. The fraction of sp³-hybridized carbons (Fsp3) is 0.0526. The molecule has 25 rings (SSSR count). The van der Waals surface area contributed by atoms with E-state index < -0.39 is 18.3 Å². The van der Waals surface area contributed by atoms with E-state index in [0.29, 0.717) is 0 Å². The van der Waals surface area contributed by atoms with Crippen molar-refractivity contribution in [2.75, 3.05) is 0 Å². The zero-order valence-electron chi connectivity index (χ0n) is 66.8. The molecule has 1 saturated heterocycles. The molecule has 0 unspecified atom stereocenters. The van der Waals surface area contributed by atoms with Gasteiger partial charge in [-0.1, -0.05) is 350 Å². The first kappa shape index (κ1) is 71.4. The van der Waals surface area contributed by atoms with Crippen LogP contribution in [0.25, 0.3) is 218 Å². The normalized spacial score (nSPS) is 13.4. The van der Waals surface area contributed by atoms with Crippen LogP contribution < -0.4 is 5.46 Å². The summed E-state index contributed by atoms with van der Waals surface area (Å²) in [5.41, 5.74) is 14.6. The Labute approximate surface area is 703 Å². The van der Waals surface area contributed by atoms with Crippen LogP contribution in [0.1, 0.15) is 27.7 Å². The molecule has 4 nitrogen and oxygen atoms in total. The molecule has 1 aliphatic heterocycles. The van der Waals surface area contributed by atoms with E-state index in [-0.39, 0.29) is 0 Å². The van der Waals surface area contributed by atoms with Gasteiger partial charge >= 0.3 is 7.12 Å². The van der Waals surface area contributed by atoms with Crippen LogP contribution in [0.15, 0.2) is 405 Å². The number of halogens is 1. The number of hydrogen-bond donors (Lipinski definition) is 0. The third kappa shape index (κ3) is 11.3. The highest BCUT2D eigenvalue weighted by atomic mass is 79.9. The number of nitrogens with zero attached hydrogens (tertiary/aromatic N) is 2. The Bertz CT molecular complexity index is 8350. The Morgan fingerprint density at radius 3 is 0.892 bits per heavy atom. The molecule has 120 heavy (non-hydrogen) atoms. The zero-order chi connectivity index (χ0) is 80.1. The molecule has 3 heterocycles. The van der Waals surface area contributed by atoms with Gasteiger partial charge in [0.1, 0.15) is 0 Å². The summed E-state index contributed by atoms with van der Waals surface area (Å²) in [6.45, 7) is 8.44. The Hall–Kier alpha value is -14.0. The van der Waals surface area contributed by atoms with Crippen molar-refractivity contribution in [2.24, 2.45) is 0 Å². The number of para-hydroxylation sites is 2. The number of fused-ring (bicyclic) bond motifs is 32. The van der Waals surface area contributed by atoms with Crippen molar-refractivity contribution in [3.63, 3.8) is 0 Å². The maximum Gasteiger partial charge on any atom is 0.495 e. The maximum absolute atomic E-state index is 6.57. The van der Waals surface area contributed by atoms with Gasteiger partial charge in [0.25, 0.3) is 0 Å². The van der Waals surface area contributed by atoms with Crippen molar-refractivity contribution in [2.45, 2.75) is 38.9 Å².